The lowest BCUT2D eigenvalue weighted by Gasteiger charge is -2.23. The van der Waals surface area contributed by atoms with Gasteiger partial charge in [0.1, 0.15) is 5.82 Å². The van der Waals surface area contributed by atoms with Crippen molar-refractivity contribution in [3.8, 4) is 0 Å². The van der Waals surface area contributed by atoms with Crippen LogP contribution in [-0.2, 0) is 16.0 Å². The van der Waals surface area contributed by atoms with E-state index in [-0.39, 0.29) is 29.6 Å². The maximum atomic E-state index is 13.6. The Bertz CT molecular complexity index is 870. The quantitative estimate of drug-likeness (QED) is 0.800. The molecule has 6 heteroatoms. The number of carbonyl (C=O) groups is 2. The first kappa shape index (κ1) is 19.9. The van der Waals surface area contributed by atoms with Gasteiger partial charge in [0.15, 0.2) is 0 Å². The Labute approximate surface area is 171 Å². The Kier molecular flexibility index (Phi) is 6.16. The minimum Gasteiger partial charge on any atom is -0.361 e. The molecule has 1 aliphatic carbocycles. The highest BCUT2D eigenvalue weighted by molar-refractivity contribution is 5.89. The van der Waals surface area contributed by atoms with Gasteiger partial charge in [-0.3, -0.25) is 9.59 Å². The third-order valence-corrected chi connectivity index (χ3v) is 6.42. The van der Waals surface area contributed by atoms with Crippen molar-refractivity contribution in [2.45, 2.75) is 63.8 Å². The van der Waals surface area contributed by atoms with Crippen LogP contribution in [0.1, 0.15) is 56.9 Å². The van der Waals surface area contributed by atoms with Crippen molar-refractivity contribution in [1.29, 1.82) is 0 Å². The van der Waals surface area contributed by atoms with Crippen molar-refractivity contribution in [1.82, 2.24) is 15.2 Å². The Morgan fingerprint density at radius 3 is 2.72 bits per heavy atom. The number of hydrogen-bond acceptors (Lipinski definition) is 2. The van der Waals surface area contributed by atoms with Crippen LogP contribution < -0.4 is 5.32 Å². The molecule has 29 heavy (non-hydrogen) atoms. The summed E-state index contributed by atoms with van der Waals surface area (Å²) in [5, 5.41) is 4.06. The van der Waals surface area contributed by atoms with Crippen molar-refractivity contribution >= 4 is 22.7 Å². The molecule has 0 spiro atoms. The standard InChI is InChI=1S/C23H30FN3O2/c24-18-8-9-21-20(13-18)16(14-25-21)10-11-27-15-17(12-22(27)28)23(29)26-19-6-4-2-1-3-5-7-19/h8-9,13-14,17,19,25H,1-7,10-12,15H2,(H,26,29)/t17-/m1/s1. The van der Waals surface area contributed by atoms with E-state index in [0.29, 0.717) is 25.9 Å². The fraction of sp³-hybridized carbons (Fsp3) is 0.565. The second kappa shape index (κ2) is 8.97. The summed E-state index contributed by atoms with van der Waals surface area (Å²) in [6.07, 6.45) is 11.1. The summed E-state index contributed by atoms with van der Waals surface area (Å²) in [4.78, 5) is 30.1. The largest absolute Gasteiger partial charge is 0.361 e. The summed E-state index contributed by atoms with van der Waals surface area (Å²) < 4.78 is 13.6. The molecule has 1 saturated heterocycles. The Hall–Kier alpha value is -2.37. The van der Waals surface area contributed by atoms with Crippen LogP contribution in [0.15, 0.2) is 24.4 Å². The lowest BCUT2D eigenvalue weighted by Crippen LogP contribution is -2.40. The number of nitrogens with one attached hydrogen (secondary N) is 2. The third-order valence-electron chi connectivity index (χ3n) is 6.42. The molecule has 156 valence electrons. The number of H-pyrrole nitrogens is 1. The van der Waals surface area contributed by atoms with Crippen LogP contribution in [-0.4, -0.2) is 40.8 Å². The number of rotatable bonds is 5. The van der Waals surface area contributed by atoms with E-state index in [2.05, 4.69) is 10.3 Å². The number of aromatic amines is 1. The third kappa shape index (κ3) is 4.80. The lowest BCUT2D eigenvalue weighted by molar-refractivity contribution is -0.129. The predicted molar refractivity (Wildman–Crippen MR) is 111 cm³/mol. The number of halogens is 1. The van der Waals surface area contributed by atoms with E-state index >= 15 is 0 Å². The van der Waals surface area contributed by atoms with E-state index in [1.807, 2.05) is 6.20 Å². The van der Waals surface area contributed by atoms with Gasteiger partial charge < -0.3 is 15.2 Å². The maximum Gasteiger partial charge on any atom is 0.225 e. The average molecular weight is 400 g/mol. The predicted octanol–water partition coefficient (Wildman–Crippen LogP) is 3.93. The molecule has 0 unspecified atom stereocenters. The molecule has 2 N–H and O–H groups in total. The Balaban J connectivity index is 1.31. The maximum absolute atomic E-state index is 13.6. The molecule has 2 aromatic rings. The summed E-state index contributed by atoms with van der Waals surface area (Å²) in [5.74, 6) is -0.454. The molecule has 4 rings (SSSR count). The van der Waals surface area contributed by atoms with Gasteiger partial charge in [-0.1, -0.05) is 32.1 Å². The van der Waals surface area contributed by atoms with Crippen LogP contribution in [0.25, 0.3) is 10.9 Å². The zero-order chi connectivity index (χ0) is 20.2. The number of carbonyl (C=O) groups excluding carboxylic acids is 2. The molecule has 1 saturated carbocycles. The molecular weight excluding hydrogens is 369 g/mol. The minimum atomic E-state index is -0.262. The van der Waals surface area contributed by atoms with Crippen molar-refractivity contribution in [3.05, 3.63) is 35.8 Å². The first-order chi connectivity index (χ1) is 14.1. The van der Waals surface area contributed by atoms with Gasteiger partial charge in [0.2, 0.25) is 11.8 Å². The Morgan fingerprint density at radius 1 is 1.17 bits per heavy atom. The monoisotopic (exact) mass is 399 g/mol. The summed E-state index contributed by atoms with van der Waals surface area (Å²) in [6, 6.07) is 4.95. The van der Waals surface area contributed by atoms with E-state index in [0.717, 1.165) is 29.3 Å². The molecule has 1 aliphatic heterocycles. The van der Waals surface area contributed by atoms with E-state index in [1.54, 1.807) is 11.0 Å². The number of amides is 2. The number of nitrogens with zero attached hydrogens (tertiary/aromatic N) is 1. The SMILES string of the molecule is O=C(NC1CCCCCCC1)[C@@H]1CC(=O)N(CCc2c[nH]c3ccc(F)cc23)C1. The molecule has 1 aromatic carbocycles. The van der Waals surface area contributed by atoms with Crippen molar-refractivity contribution in [2.75, 3.05) is 13.1 Å². The van der Waals surface area contributed by atoms with Crippen LogP contribution in [0.4, 0.5) is 4.39 Å². The van der Waals surface area contributed by atoms with Gasteiger partial charge in [-0.25, -0.2) is 4.39 Å². The molecule has 0 bridgehead atoms. The van der Waals surface area contributed by atoms with E-state index in [1.165, 1.54) is 44.2 Å². The smallest absolute Gasteiger partial charge is 0.225 e. The van der Waals surface area contributed by atoms with Crippen LogP contribution in [0, 0.1) is 11.7 Å². The van der Waals surface area contributed by atoms with E-state index in [9.17, 15) is 14.0 Å². The van der Waals surface area contributed by atoms with Gasteiger partial charge in [-0.15, -0.1) is 0 Å². The zero-order valence-electron chi connectivity index (χ0n) is 16.9. The summed E-state index contributed by atoms with van der Waals surface area (Å²) in [7, 11) is 0. The van der Waals surface area contributed by atoms with Gasteiger partial charge in [0.05, 0.1) is 5.92 Å². The number of benzene rings is 1. The molecule has 5 nitrogen and oxygen atoms in total. The first-order valence-corrected chi connectivity index (χ1v) is 10.9. The van der Waals surface area contributed by atoms with Gasteiger partial charge in [0.25, 0.3) is 0 Å². The topological polar surface area (TPSA) is 65.2 Å². The number of likely N-dealkylation sites (tertiary alicyclic amines) is 1. The molecule has 1 aromatic heterocycles. The van der Waals surface area contributed by atoms with E-state index < -0.39 is 0 Å². The van der Waals surface area contributed by atoms with Crippen molar-refractivity contribution in [3.63, 3.8) is 0 Å². The van der Waals surface area contributed by atoms with Gasteiger partial charge in [0, 0.05) is 42.7 Å². The fourth-order valence-electron chi connectivity index (χ4n) is 4.70. The van der Waals surface area contributed by atoms with Crippen LogP contribution in [0.2, 0.25) is 0 Å². The second-order valence-electron chi connectivity index (χ2n) is 8.55. The number of hydrogen-bond donors (Lipinski definition) is 2. The lowest BCUT2D eigenvalue weighted by atomic mass is 9.96. The molecular formula is C23H30FN3O2. The Morgan fingerprint density at radius 2 is 1.93 bits per heavy atom. The summed E-state index contributed by atoms with van der Waals surface area (Å²) >= 11 is 0. The average Bonchev–Trinajstić information content (AvgIpc) is 3.25. The second-order valence-corrected chi connectivity index (χ2v) is 8.55. The van der Waals surface area contributed by atoms with Crippen LogP contribution >= 0.6 is 0 Å². The van der Waals surface area contributed by atoms with Crippen molar-refractivity contribution < 1.29 is 14.0 Å². The minimum absolute atomic E-state index is 0.0283. The van der Waals surface area contributed by atoms with Gasteiger partial charge in [-0.2, -0.15) is 0 Å². The molecule has 2 amide bonds. The molecule has 2 aliphatic rings. The fourth-order valence-corrected chi connectivity index (χ4v) is 4.70. The molecule has 0 radical (unpaired) electrons. The van der Waals surface area contributed by atoms with Gasteiger partial charge in [-0.05, 0) is 43.0 Å². The highest BCUT2D eigenvalue weighted by Gasteiger charge is 2.34. The van der Waals surface area contributed by atoms with Gasteiger partial charge >= 0.3 is 0 Å². The van der Waals surface area contributed by atoms with Crippen LogP contribution in [0.3, 0.4) is 0 Å². The number of aromatic nitrogens is 1. The summed E-state index contributed by atoms with van der Waals surface area (Å²) in [5.41, 5.74) is 1.89. The summed E-state index contributed by atoms with van der Waals surface area (Å²) in [6.45, 7) is 1.03. The molecule has 2 fully saturated rings. The first-order valence-electron chi connectivity index (χ1n) is 10.9. The number of fused-ring (bicyclic) bond motifs is 1. The zero-order valence-corrected chi connectivity index (χ0v) is 16.9. The molecule has 2 heterocycles. The van der Waals surface area contributed by atoms with Crippen LogP contribution in [0.5, 0.6) is 0 Å². The highest BCUT2D eigenvalue weighted by Crippen LogP contribution is 2.23. The highest BCUT2D eigenvalue weighted by atomic mass is 19.1. The van der Waals surface area contributed by atoms with Crippen molar-refractivity contribution in [2.24, 2.45) is 5.92 Å². The van der Waals surface area contributed by atoms with E-state index in [4.69, 9.17) is 0 Å². The molecule has 1 atom stereocenters. The normalized spacial score (nSPS) is 21.3.